The topological polar surface area (TPSA) is 30.2 Å². The van der Waals surface area contributed by atoms with Gasteiger partial charge in [0.15, 0.2) is 11.5 Å². The van der Waals surface area contributed by atoms with Gasteiger partial charge < -0.3 is 0 Å². The molecule has 3 aromatic rings. The van der Waals surface area contributed by atoms with E-state index in [2.05, 4.69) is 10.2 Å². The Balaban J connectivity index is 2.10. The van der Waals surface area contributed by atoms with Crippen LogP contribution in [0.4, 0.5) is 13.2 Å². The molecule has 0 aliphatic carbocycles. The minimum Gasteiger partial charge on any atom is -0.281 e. The van der Waals surface area contributed by atoms with Crippen LogP contribution < -0.4 is 0 Å². The van der Waals surface area contributed by atoms with Crippen molar-refractivity contribution >= 4 is 17.2 Å². The van der Waals surface area contributed by atoms with E-state index < -0.39 is 11.7 Å². The molecule has 2 heterocycles. The number of aromatic nitrogens is 3. The molecular weight excluding hydrogens is 291 g/mol. The Morgan fingerprint density at radius 3 is 2.35 bits per heavy atom. The third-order valence-electron chi connectivity index (χ3n) is 2.86. The van der Waals surface area contributed by atoms with Crippen LogP contribution in [-0.4, -0.2) is 14.6 Å². The molecule has 0 saturated heterocycles. The summed E-state index contributed by atoms with van der Waals surface area (Å²) in [7, 11) is 0. The summed E-state index contributed by atoms with van der Waals surface area (Å²) in [6.07, 6.45) is -2.65. The zero-order valence-corrected chi connectivity index (χ0v) is 10.7. The Hall–Kier alpha value is -2.08. The van der Waals surface area contributed by atoms with E-state index in [-0.39, 0.29) is 0 Å². The van der Waals surface area contributed by atoms with Crippen LogP contribution in [0.2, 0.25) is 5.02 Å². The van der Waals surface area contributed by atoms with Gasteiger partial charge in [-0.25, -0.2) is 0 Å². The zero-order chi connectivity index (χ0) is 14.3. The lowest BCUT2D eigenvalue weighted by molar-refractivity contribution is -0.137. The number of pyridine rings is 1. The summed E-state index contributed by atoms with van der Waals surface area (Å²) < 4.78 is 39.2. The molecule has 0 amide bonds. The number of hydrogen-bond acceptors (Lipinski definition) is 2. The molecule has 0 unspecified atom stereocenters. The largest absolute Gasteiger partial charge is 0.416 e. The lowest BCUT2D eigenvalue weighted by atomic mass is 10.1. The van der Waals surface area contributed by atoms with Crippen molar-refractivity contribution in [2.24, 2.45) is 0 Å². The van der Waals surface area contributed by atoms with Crippen LogP contribution in [0.25, 0.3) is 17.0 Å². The predicted octanol–water partition coefficient (Wildman–Crippen LogP) is 4.07. The van der Waals surface area contributed by atoms with Crippen molar-refractivity contribution in [1.29, 1.82) is 0 Å². The van der Waals surface area contributed by atoms with E-state index in [0.29, 0.717) is 22.1 Å². The molecule has 3 nitrogen and oxygen atoms in total. The first-order chi connectivity index (χ1) is 9.47. The fourth-order valence-corrected chi connectivity index (χ4v) is 2.09. The van der Waals surface area contributed by atoms with Crippen LogP contribution in [0.5, 0.6) is 0 Å². The molecule has 102 valence electrons. The molecule has 0 bridgehead atoms. The summed E-state index contributed by atoms with van der Waals surface area (Å²) >= 11 is 5.97. The van der Waals surface area contributed by atoms with Gasteiger partial charge in [-0.05, 0) is 24.3 Å². The predicted molar refractivity (Wildman–Crippen MR) is 68.4 cm³/mol. The number of nitrogens with zero attached hydrogens (tertiary/aromatic N) is 3. The van der Waals surface area contributed by atoms with Gasteiger partial charge in [0.05, 0.1) is 10.6 Å². The van der Waals surface area contributed by atoms with Crippen LogP contribution in [0.15, 0.2) is 42.6 Å². The zero-order valence-electron chi connectivity index (χ0n) is 9.89. The van der Waals surface area contributed by atoms with Crippen LogP contribution in [-0.2, 0) is 6.18 Å². The second-order valence-corrected chi connectivity index (χ2v) is 4.56. The Morgan fingerprint density at radius 1 is 1.00 bits per heavy atom. The fraction of sp³-hybridized carbons (Fsp3) is 0.0769. The number of fused-ring (bicyclic) bond motifs is 1. The number of halogens is 4. The van der Waals surface area contributed by atoms with Crippen molar-refractivity contribution in [2.75, 3.05) is 0 Å². The van der Waals surface area contributed by atoms with Crippen molar-refractivity contribution < 1.29 is 13.2 Å². The molecule has 0 radical (unpaired) electrons. The fourth-order valence-electron chi connectivity index (χ4n) is 1.89. The van der Waals surface area contributed by atoms with Gasteiger partial charge in [-0.15, -0.1) is 10.2 Å². The lowest BCUT2D eigenvalue weighted by Gasteiger charge is -2.07. The van der Waals surface area contributed by atoms with E-state index >= 15 is 0 Å². The van der Waals surface area contributed by atoms with E-state index in [0.717, 1.165) is 12.1 Å². The molecule has 1 aromatic carbocycles. The summed E-state index contributed by atoms with van der Waals surface area (Å²) in [4.78, 5) is 0. The van der Waals surface area contributed by atoms with E-state index in [9.17, 15) is 13.2 Å². The molecule has 3 rings (SSSR count). The first kappa shape index (κ1) is 12.9. The van der Waals surface area contributed by atoms with Gasteiger partial charge in [-0.2, -0.15) is 13.2 Å². The highest BCUT2D eigenvalue weighted by atomic mass is 35.5. The summed E-state index contributed by atoms with van der Waals surface area (Å²) in [5, 5.41) is 8.32. The molecule has 2 aromatic heterocycles. The smallest absolute Gasteiger partial charge is 0.281 e. The van der Waals surface area contributed by atoms with Crippen LogP contribution in [0.3, 0.4) is 0 Å². The van der Waals surface area contributed by atoms with E-state index in [1.165, 1.54) is 12.1 Å². The molecule has 0 aliphatic heterocycles. The third-order valence-corrected chi connectivity index (χ3v) is 3.15. The van der Waals surface area contributed by atoms with Gasteiger partial charge in [0.25, 0.3) is 0 Å². The first-order valence-corrected chi connectivity index (χ1v) is 6.01. The molecule has 0 atom stereocenters. The SMILES string of the molecule is FC(F)(F)c1ccc(-c2nnc3c(Cl)cccn23)cc1. The highest BCUT2D eigenvalue weighted by molar-refractivity contribution is 6.33. The van der Waals surface area contributed by atoms with Crippen molar-refractivity contribution in [3.8, 4) is 11.4 Å². The summed E-state index contributed by atoms with van der Waals surface area (Å²) in [5.41, 5.74) is 0.296. The van der Waals surface area contributed by atoms with Crippen molar-refractivity contribution in [3.05, 3.63) is 53.2 Å². The van der Waals surface area contributed by atoms with Crippen molar-refractivity contribution in [2.45, 2.75) is 6.18 Å². The van der Waals surface area contributed by atoms with E-state index in [1.807, 2.05) is 0 Å². The average Bonchev–Trinajstić information content (AvgIpc) is 2.83. The van der Waals surface area contributed by atoms with Crippen LogP contribution >= 0.6 is 11.6 Å². The highest BCUT2D eigenvalue weighted by Gasteiger charge is 2.30. The molecule has 0 saturated carbocycles. The van der Waals surface area contributed by atoms with Crippen molar-refractivity contribution in [1.82, 2.24) is 14.6 Å². The Labute approximate surface area is 116 Å². The van der Waals surface area contributed by atoms with Gasteiger partial charge in [-0.1, -0.05) is 23.7 Å². The van der Waals surface area contributed by atoms with Crippen LogP contribution in [0, 0.1) is 0 Å². The quantitative estimate of drug-likeness (QED) is 0.678. The summed E-state index contributed by atoms with van der Waals surface area (Å²) in [6.45, 7) is 0. The molecular formula is C13H7ClF3N3. The van der Waals surface area contributed by atoms with Gasteiger partial charge in [-0.3, -0.25) is 4.40 Å². The lowest BCUT2D eigenvalue weighted by Crippen LogP contribution is -2.04. The maximum atomic E-state index is 12.5. The summed E-state index contributed by atoms with van der Waals surface area (Å²) in [5.74, 6) is 0.441. The maximum absolute atomic E-state index is 12.5. The molecule has 20 heavy (non-hydrogen) atoms. The molecule has 0 N–H and O–H groups in total. The van der Waals surface area contributed by atoms with Crippen LogP contribution in [0.1, 0.15) is 5.56 Å². The first-order valence-electron chi connectivity index (χ1n) is 5.64. The van der Waals surface area contributed by atoms with Crippen molar-refractivity contribution in [3.63, 3.8) is 0 Å². The highest BCUT2D eigenvalue weighted by Crippen LogP contribution is 2.31. The minimum absolute atomic E-state index is 0.429. The Morgan fingerprint density at radius 2 is 1.70 bits per heavy atom. The molecule has 7 heteroatoms. The standard InChI is InChI=1S/C13H7ClF3N3/c14-10-2-1-7-20-11(18-19-12(10)20)8-3-5-9(6-4-8)13(15,16)17/h1-7H. The summed E-state index contributed by atoms with van der Waals surface area (Å²) in [6, 6.07) is 8.14. The Kier molecular flexibility index (Phi) is 2.90. The third kappa shape index (κ3) is 2.12. The number of alkyl halides is 3. The minimum atomic E-state index is -4.35. The molecule has 0 spiro atoms. The molecule has 0 aliphatic rings. The van der Waals surface area contributed by atoms with Gasteiger partial charge in [0.2, 0.25) is 0 Å². The van der Waals surface area contributed by atoms with Gasteiger partial charge >= 0.3 is 6.18 Å². The normalized spacial score (nSPS) is 12.0. The number of hydrogen-bond donors (Lipinski definition) is 0. The van der Waals surface area contributed by atoms with Gasteiger partial charge in [0, 0.05) is 11.8 Å². The molecule has 0 fully saturated rings. The van der Waals surface area contributed by atoms with E-state index in [4.69, 9.17) is 11.6 Å². The second kappa shape index (κ2) is 4.49. The van der Waals surface area contributed by atoms with E-state index in [1.54, 1.807) is 22.7 Å². The Bertz CT molecular complexity index is 763. The second-order valence-electron chi connectivity index (χ2n) is 4.15. The maximum Gasteiger partial charge on any atom is 0.416 e. The average molecular weight is 298 g/mol. The monoisotopic (exact) mass is 297 g/mol. The number of rotatable bonds is 1. The number of benzene rings is 1. The van der Waals surface area contributed by atoms with Gasteiger partial charge in [0.1, 0.15) is 0 Å².